The molecule has 4 nitrogen and oxygen atoms in total. The third kappa shape index (κ3) is 5.94. The largest absolute Gasteiger partial charge is 0.355 e. The smallest absolute Gasteiger partial charge is 0.224 e. The van der Waals surface area contributed by atoms with Crippen LogP contribution in [0.25, 0.3) is 0 Å². The first-order valence-corrected chi connectivity index (χ1v) is 5.08. The molecule has 0 spiro atoms. The van der Waals surface area contributed by atoms with Crippen LogP contribution in [0.4, 0.5) is 0 Å². The van der Waals surface area contributed by atoms with E-state index in [1.807, 2.05) is 0 Å². The lowest BCUT2D eigenvalue weighted by atomic mass is 9.84. The van der Waals surface area contributed by atoms with Gasteiger partial charge < -0.3 is 16.8 Å². The third-order valence-corrected chi connectivity index (χ3v) is 1.96. The van der Waals surface area contributed by atoms with Crippen LogP contribution in [0.15, 0.2) is 0 Å². The first-order valence-electron chi connectivity index (χ1n) is 5.08. The summed E-state index contributed by atoms with van der Waals surface area (Å²) in [7, 11) is 0. The summed E-state index contributed by atoms with van der Waals surface area (Å²) in [5, 5.41) is 2.76. The van der Waals surface area contributed by atoms with Gasteiger partial charge in [-0.15, -0.1) is 0 Å². The number of carbonyl (C=O) groups is 1. The third-order valence-electron chi connectivity index (χ3n) is 1.96. The maximum absolute atomic E-state index is 11.6. The molecule has 0 aromatic heterocycles. The zero-order valence-electron chi connectivity index (χ0n) is 9.47. The standard InChI is InChI=1S/C10H23N3O/c1-10(2,3)6-8(7-12)9(14)13-5-4-11/h8H,4-7,11-12H2,1-3H3,(H,13,14). The van der Waals surface area contributed by atoms with Gasteiger partial charge in [0.05, 0.1) is 5.92 Å². The van der Waals surface area contributed by atoms with Gasteiger partial charge in [0.25, 0.3) is 0 Å². The van der Waals surface area contributed by atoms with Crippen molar-refractivity contribution in [2.45, 2.75) is 27.2 Å². The van der Waals surface area contributed by atoms with Crippen molar-refractivity contribution in [1.29, 1.82) is 0 Å². The molecule has 0 aliphatic heterocycles. The van der Waals surface area contributed by atoms with E-state index in [9.17, 15) is 4.79 Å². The zero-order chi connectivity index (χ0) is 11.2. The van der Waals surface area contributed by atoms with E-state index in [4.69, 9.17) is 11.5 Å². The topological polar surface area (TPSA) is 81.1 Å². The summed E-state index contributed by atoms with van der Waals surface area (Å²) in [6.45, 7) is 7.70. The van der Waals surface area contributed by atoms with Crippen molar-refractivity contribution in [3.05, 3.63) is 0 Å². The maximum Gasteiger partial charge on any atom is 0.224 e. The Morgan fingerprint density at radius 3 is 2.29 bits per heavy atom. The molecule has 0 fully saturated rings. The maximum atomic E-state index is 11.6. The highest BCUT2D eigenvalue weighted by molar-refractivity contribution is 5.78. The van der Waals surface area contributed by atoms with Gasteiger partial charge >= 0.3 is 0 Å². The minimum absolute atomic E-state index is 0.0212. The number of amides is 1. The van der Waals surface area contributed by atoms with Crippen molar-refractivity contribution < 1.29 is 4.79 Å². The van der Waals surface area contributed by atoms with Crippen molar-refractivity contribution in [3.63, 3.8) is 0 Å². The molecule has 0 aromatic rings. The first kappa shape index (κ1) is 13.4. The molecule has 84 valence electrons. The lowest BCUT2D eigenvalue weighted by Gasteiger charge is -2.24. The quantitative estimate of drug-likeness (QED) is 0.589. The number of hydrogen-bond acceptors (Lipinski definition) is 3. The molecule has 0 aliphatic carbocycles. The van der Waals surface area contributed by atoms with Crippen LogP contribution in [0.1, 0.15) is 27.2 Å². The number of carbonyl (C=O) groups excluding carboxylic acids is 1. The van der Waals surface area contributed by atoms with Gasteiger partial charge in [0.2, 0.25) is 5.91 Å². The molecule has 0 aliphatic rings. The SMILES string of the molecule is CC(C)(C)CC(CN)C(=O)NCCN. The lowest BCUT2D eigenvalue weighted by Crippen LogP contribution is -2.39. The van der Waals surface area contributed by atoms with E-state index < -0.39 is 0 Å². The van der Waals surface area contributed by atoms with Crippen LogP contribution in [-0.2, 0) is 4.79 Å². The molecule has 0 aromatic carbocycles. The van der Waals surface area contributed by atoms with Gasteiger partial charge in [-0.05, 0) is 11.8 Å². The van der Waals surface area contributed by atoms with E-state index in [-0.39, 0.29) is 17.2 Å². The van der Waals surface area contributed by atoms with E-state index in [0.717, 1.165) is 6.42 Å². The van der Waals surface area contributed by atoms with Crippen LogP contribution in [-0.4, -0.2) is 25.5 Å². The summed E-state index contributed by atoms with van der Waals surface area (Å²) in [5.74, 6) is -0.0746. The highest BCUT2D eigenvalue weighted by Gasteiger charge is 2.23. The second-order valence-corrected chi connectivity index (χ2v) is 4.78. The minimum Gasteiger partial charge on any atom is -0.355 e. The van der Waals surface area contributed by atoms with Gasteiger partial charge in [0.1, 0.15) is 0 Å². The van der Waals surface area contributed by atoms with Crippen molar-refractivity contribution in [3.8, 4) is 0 Å². The van der Waals surface area contributed by atoms with E-state index >= 15 is 0 Å². The van der Waals surface area contributed by atoms with Crippen molar-refractivity contribution >= 4 is 5.91 Å². The summed E-state index contributed by atoms with van der Waals surface area (Å²) in [6, 6.07) is 0. The van der Waals surface area contributed by atoms with Gasteiger partial charge in [-0.1, -0.05) is 20.8 Å². The minimum atomic E-state index is -0.0958. The van der Waals surface area contributed by atoms with E-state index in [1.54, 1.807) is 0 Å². The molecule has 0 saturated carbocycles. The number of nitrogens with one attached hydrogen (secondary N) is 1. The highest BCUT2D eigenvalue weighted by atomic mass is 16.1. The zero-order valence-corrected chi connectivity index (χ0v) is 9.47. The van der Waals surface area contributed by atoms with Crippen molar-refractivity contribution in [2.75, 3.05) is 19.6 Å². The van der Waals surface area contributed by atoms with Crippen LogP contribution >= 0.6 is 0 Å². The Morgan fingerprint density at radius 1 is 1.36 bits per heavy atom. The van der Waals surface area contributed by atoms with Crippen LogP contribution in [0.3, 0.4) is 0 Å². The van der Waals surface area contributed by atoms with Gasteiger partial charge in [-0.25, -0.2) is 0 Å². The van der Waals surface area contributed by atoms with Gasteiger partial charge in [-0.3, -0.25) is 4.79 Å². The molecule has 0 saturated heterocycles. The van der Waals surface area contributed by atoms with E-state index in [0.29, 0.717) is 19.6 Å². The van der Waals surface area contributed by atoms with E-state index in [2.05, 4.69) is 26.1 Å². The average Bonchev–Trinajstić information content (AvgIpc) is 2.08. The fraction of sp³-hybridized carbons (Fsp3) is 0.900. The Labute approximate surface area is 86.4 Å². The van der Waals surface area contributed by atoms with Crippen LogP contribution < -0.4 is 16.8 Å². The summed E-state index contributed by atoms with van der Waals surface area (Å²) in [6.07, 6.45) is 0.805. The lowest BCUT2D eigenvalue weighted by molar-refractivity contribution is -0.125. The summed E-state index contributed by atoms with van der Waals surface area (Å²) < 4.78 is 0. The summed E-state index contributed by atoms with van der Waals surface area (Å²) >= 11 is 0. The predicted molar refractivity (Wildman–Crippen MR) is 58.7 cm³/mol. The number of hydrogen-bond donors (Lipinski definition) is 3. The van der Waals surface area contributed by atoms with Crippen molar-refractivity contribution in [1.82, 2.24) is 5.32 Å². The van der Waals surface area contributed by atoms with Gasteiger partial charge in [0.15, 0.2) is 0 Å². The molecule has 0 bridgehead atoms. The average molecular weight is 201 g/mol. The normalized spacial score (nSPS) is 13.8. The summed E-state index contributed by atoms with van der Waals surface area (Å²) in [5.41, 5.74) is 11.0. The molecule has 1 amide bonds. The Morgan fingerprint density at radius 2 is 1.93 bits per heavy atom. The molecule has 1 atom stereocenters. The second kappa shape index (κ2) is 5.98. The number of nitrogens with two attached hydrogens (primary N) is 2. The number of rotatable bonds is 5. The van der Waals surface area contributed by atoms with Gasteiger partial charge in [-0.2, -0.15) is 0 Å². The molecule has 1 unspecified atom stereocenters. The molecule has 0 heterocycles. The molecule has 0 rings (SSSR count). The second-order valence-electron chi connectivity index (χ2n) is 4.78. The van der Waals surface area contributed by atoms with Gasteiger partial charge in [0, 0.05) is 19.6 Å². The van der Waals surface area contributed by atoms with Crippen LogP contribution in [0, 0.1) is 11.3 Å². The molecule has 4 heteroatoms. The summed E-state index contributed by atoms with van der Waals surface area (Å²) in [4.78, 5) is 11.6. The first-order chi connectivity index (χ1) is 6.40. The van der Waals surface area contributed by atoms with Crippen LogP contribution in [0.2, 0.25) is 0 Å². The molecule has 0 radical (unpaired) electrons. The van der Waals surface area contributed by atoms with Crippen molar-refractivity contribution in [2.24, 2.45) is 22.8 Å². The Hall–Kier alpha value is -0.610. The monoisotopic (exact) mass is 201 g/mol. The fourth-order valence-electron chi connectivity index (χ4n) is 1.36. The Bertz CT molecular complexity index is 175. The molecule has 5 N–H and O–H groups in total. The predicted octanol–water partition coefficient (Wildman–Crippen LogP) is 0.0724. The van der Waals surface area contributed by atoms with E-state index in [1.165, 1.54) is 0 Å². The van der Waals surface area contributed by atoms with Crippen LogP contribution in [0.5, 0.6) is 0 Å². The molecular weight excluding hydrogens is 178 g/mol. The Balaban J connectivity index is 4.06. The molecular formula is C10H23N3O. The Kier molecular flexibility index (Phi) is 5.72. The fourth-order valence-corrected chi connectivity index (χ4v) is 1.36. The molecule has 14 heavy (non-hydrogen) atoms. The highest BCUT2D eigenvalue weighted by Crippen LogP contribution is 2.23.